The predicted octanol–water partition coefficient (Wildman–Crippen LogP) is 0.0277. The van der Waals surface area contributed by atoms with Crippen molar-refractivity contribution in [2.45, 2.75) is 31.5 Å². The normalized spacial score (nSPS) is 10.9. The molecule has 0 fully saturated rings. The second kappa shape index (κ2) is 5.34. The van der Waals surface area contributed by atoms with E-state index in [1.807, 2.05) is 0 Å². The van der Waals surface area contributed by atoms with Crippen molar-refractivity contribution in [1.82, 2.24) is 14.5 Å². The summed E-state index contributed by atoms with van der Waals surface area (Å²) >= 11 is 1.24. The maximum Gasteiger partial charge on any atom is 0.354 e. The first-order chi connectivity index (χ1) is 6.36. The van der Waals surface area contributed by atoms with Crippen LogP contribution in [-0.4, -0.2) is 50.3 Å². The Kier molecular flexibility index (Phi) is 5.32. The molecule has 0 spiro atoms. The molecule has 0 aliphatic rings. The number of hydrogen-bond acceptors (Lipinski definition) is 4. The zero-order chi connectivity index (χ0) is 10.9. The summed E-state index contributed by atoms with van der Waals surface area (Å²) in [6.45, 7) is 5.35. The Bertz CT molecular complexity index is 415. The molecule has 79 valence electrons. The van der Waals surface area contributed by atoms with Crippen LogP contribution in [0.2, 0.25) is 0 Å². The number of hydrogen-bond donors (Lipinski definition) is 1. The summed E-state index contributed by atoms with van der Waals surface area (Å²) in [6.07, 6.45) is 1.75. The van der Waals surface area contributed by atoms with Crippen molar-refractivity contribution < 1.29 is 0 Å². The van der Waals surface area contributed by atoms with Crippen molar-refractivity contribution in [1.29, 1.82) is 0 Å². The Morgan fingerprint density at radius 2 is 1.87 bits per heavy atom. The van der Waals surface area contributed by atoms with Crippen LogP contribution in [0.4, 0.5) is 0 Å². The van der Waals surface area contributed by atoms with Gasteiger partial charge in [0.1, 0.15) is 0 Å². The Morgan fingerprint density at radius 3 is 2.20 bits per heavy atom. The minimum atomic E-state index is -0.547. The van der Waals surface area contributed by atoms with Crippen molar-refractivity contribution >= 4 is 41.3 Å². The van der Waals surface area contributed by atoms with Crippen LogP contribution < -0.4 is 11.4 Å². The predicted molar refractivity (Wildman–Crippen MR) is 61.6 cm³/mol. The fourth-order valence-corrected chi connectivity index (χ4v) is 1.45. The Hall–Kier alpha value is -0.0400. The van der Waals surface area contributed by atoms with Gasteiger partial charge in [-0.3, -0.25) is 4.98 Å². The van der Waals surface area contributed by atoms with Crippen LogP contribution in [0.3, 0.4) is 0 Å². The van der Waals surface area contributed by atoms with E-state index in [2.05, 4.69) is 9.97 Å². The molecule has 7 heteroatoms. The minimum absolute atomic E-state index is 0. The van der Waals surface area contributed by atoms with Crippen LogP contribution in [0.15, 0.2) is 14.7 Å². The smallest absolute Gasteiger partial charge is 0.286 e. The molecule has 5 nitrogen and oxygen atoms in total. The van der Waals surface area contributed by atoms with Gasteiger partial charge in [0.25, 0.3) is 0 Å². The summed E-state index contributed by atoms with van der Waals surface area (Å²) in [7, 11) is 0. The van der Waals surface area contributed by atoms with Gasteiger partial charge in [-0.25, -0.2) is 14.2 Å². The molecular weight excluding hydrogens is 225 g/mol. The zero-order valence-corrected chi connectivity index (χ0v) is 12.4. The van der Waals surface area contributed by atoms with E-state index >= 15 is 0 Å². The van der Waals surface area contributed by atoms with E-state index in [1.54, 1.807) is 27.0 Å². The molecule has 0 bridgehead atoms. The average Bonchev–Trinajstić information content (AvgIpc) is 1.99. The van der Waals surface area contributed by atoms with Gasteiger partial charge in [0.2, 0.25) is 0 Å². The molecule has 0 aliphatic heterocycles. The summed E-state index contributed by atoms with van der Waals surface area (Å²) < 4.78 is 1.10. The van der Waals surface area contributed by atoms with Crippen molar-refractivity contribution in [3.63, 3.8) is 0 Å². The van der Waals surface area contributed by atoms with Gasteiger partial charge >= 0.3 is 11.4 Å². The number of thioether (sulfide) groups is 1. The van der Waals surface area contributed by atoms with Crippen LogP contribution in [0.1, 0.15) is 20.8 Å². The third-order valence-electron chi connectivity index (χ3n) is 1.67. The molecule has 1 aromatic rings. The number of aromatic amines is 1. The fourth-order valence-electron chi connectivity index (χ4n) is 1.09. The molecule has 0 aromatic carbocycles. The molecular formula is C8H13N3NaO2S. The van der Waals surface area contributed by atoms with Gasteiger partial charge in [-0.05, 0) is 27.0 Å². The summed E-state index contributed by atoms with van der Waals surface area (Å²) in [4.78, 5) is 29.3. The van der Waals surface area contributed by atoms with E-state index < -0.39 is 16.9 Å². The minimum Gasteiger partial charge on any atom is -0.286 e. The maximum atomic E-state index is 11.5. The summed E-state index contributed by atoms with van der Waals surface area (Å²) in [5.41, 5.74) is -1.47. The number of nitrogens with zero attached hydrogens (tertiary/aromatic N) is 2. The molecule has 1 N–H and O–H groups in total. The van der Waals surface area contributed by atoms with Crippen molar-refractivity contribution in [2.24, 2.45) is 0 Å². The quantitative estimate of drug-likeness (QED) is 0.553. The van der Waals surface area contributed by atoms with E-state index in [-0.39, 0.29) is 29.6 Å². The SMILES string of the molecule is CSc1nc(=O)n(C(C)(C)C)c(=O)[nH]1.[Na]. The molecule has 0 aliphatic carbocycles. The van der Waals surface area contributed by atoms with Crippen molar-refractivity contribution in [3.8, 4) is 0 Å². The molecule has 0 amide bonds. The van der Waals surface area contributed by atoms with Crippen LogP contribution in [-0.2, 0) is 5.54 Å². The van der Waals surface area contributed by atoms with Gasteiger partial charge in [0, 0.05) is 35.1 Å². The molecule has 0 saturated heterocycles. The molecule has 1 rings (SSSR count). The summed E-state index contributed by atoms with van der Waals surface area (Å²) in [6, 6.07) is 0. The molecule has 0 unspecified atom stereocenters. The van der Waals surface area contributed by atoms with Crippen LogP contribution in [0.5, 0.6) is 0 Å². The van der Waals surface area contributed by atoms with E-state index in [0.717, 1.165) is 4.57 Å². The van der Waals surface area contributed by atoms with Crippen molar-refractivity contribution in [3.05, 3.63) is 21.0 Å². The monoisotopic (exact) mass is 238 g/mol. The molecule has 1 radical (unpaired) electrons. The third-order valence-corrected chi connectivity index (χ3v) is 2.25. The van der Waals surface area contributed by atoms with Crippen molar-refractivity contribution in [2.75, 3.05) is 6.26 Å². The largest absolute Gasteiger partial charge is 0.354 e. The van der Waals surface area contributed by atoms with Crippen LogP contribution in [0.25, 0.3) is 0 Å². The summed E-state index contributed by atoms with van der Waals surface area (Å²) in [5, 5.41) is 0.348. The van der Waals surface area contributed by atoms with Gasteiger partial charge in [-0.15, -0.1) is 0 Å². The number of nitrogens with one attached hydrogen (secondary N) is 1. The van der Waals surface area contributed by atoms with Crippen LogP contribution in [0, 0.1) is 0 Å². The van der Waals surface area contributed by atoms with Gasteiger partial charge < -0.3 is 0 Å². The van der Waals surface area contributed by atoms with Gasteiger partial charge in [0.05, 0.1) is 0 Å². The van der Waals surface area contributed by atoms with Gasteiger partial charge in [-0.1, -0.05) is 11.8 Å². The second-order valence-electron chi connectivity index (χ2n) is 3.84. The first kappa shape index (κ1) is 15.0. The standard InChI is InChI=1S/C8H13N3O2S.Na/c1-8(2,3)11-6(12)9-5(14-4)10-7(11)13;/h1-4H3,(H,9,10,12,13);. The van der Waals surface area contributed by atoms with E-state index in [1.165, 1.54) is 11.8 Å². The average molecular weight is 238 g/mol. The zero-order valence-electron chi connectivity index (χ0n) is 9.62. The first-order valence-corrected chi connectivity index (χ1v) is 5.36. The number of H-pyrrole nitrogens is 1. The Labute approximate surface area is 114 Å². The van der Waals surface area contributed by atoms with Gasteiger partial charge in [-0.2, -0.15) is 4.98 Å². The maximum absolute atomic E-state index is 11.5. The second-order valence-corrected chi connectivity index (χ2v) is 4.63. The third kappa shape index (κ3) is 3.48. The fraction of sp³-hybridized carbons (Fsp3) is 0.625. The molecule has 15 heavy (non-hydrogen) atoms. The van der Waals surface area contributed by atoms with E-state index in [4.69, 9.17) is 0 Å². The van der Waals surface area contributed by atoms with E-state index in [9.17, 15) is 9.59 Å². The molecule has 0 atom stereocenters. The van der Waals surface area contributed by atoms with Gasteiger partial charge in [0.15, 0.2) is 5.16 Å². The molecule has 1 heterocycles. The number of aromatic nitrogens is 3. The Morgan fingerprint density at radius 1 is 1.33 bits per heavy atom. The number of rotatable bonds is 1. The topological polar surface area (TPSA) is 67.8 Å². The Balaban J connectivity index is 0.00000196. The molecule has 0 saturated carbocycles. The molecule has 1 aromatic heterocycles. The van der Waals surface area contributed by atoms with Crippen LogP contribution >= 0.6 is 11.8 Å². The first-order valence-electron chi connectivity index (χ1n) is 4.14. The van der Waals surface area contributed by atoms with E-state index in [0.29, 0.717) is 5.16 Å². The summed E-state index contributed by atoms with van der Waals surface area (Å²) in [5.74, 6) is 0.